The average Bonchev–Trinajstić information content (AvgIpc) is 3.93. The van der Waals surface area contributed by atoms with Crippen LogP contribution in [0.1, 0.15) is 25.0 Å². The second kappa shape index (κ2) is 10.8. The van der Waals surface area contributed by atoms with Gasteiger partial charge in [0, 0.05) is 58.5 Å². The van der Waals surface area contributed by atoms with Crippen molar-refractivity contribution in [3.63, 3.8) is 0 Å². The lowest BCUT2D eigenvalue weighted by Gasteiger charge is -2.22. The van der Waals surface area contributed by atoms with Gasteiger partial charge in [0.05, 0.1) is 22.1 Å². The van der Waals surface area contributed by atoms with Crippen molar-refractivity contribution in [1.82, 2.24) is 9.13 Å². The molecule has 3 heteroatoms. The molecule has 0 amide bonds. The monoisotopic (exact) mass is 706 g/mol. The van der Waals surface area contributed by atoms with Crippen LogP contribution in [-0.4, -0.2) is 9.13 Å². The number of benzene rings is 8. The third-order valence-electron chi connectivity index (χ3n) is 12.1. The van der Waals surface area contributed by atoms with Crippen molar-refractivity contribution in [2.24, 2.45) is 0 Å². The zero-order chi connectivity index (χ0) is 35.7. The molecular formula is C51H34N2S. The van der Waals surface area contributed by atoms with Crippen LogP contribution in [0.25, 0.3) is 97.4 Å². The quantitative estimate of drug-likeness (QED) is 0.173. The summed E-state index contributed by atoms with van der Waals surface area (Å²) in [6, 6.07) is 63.2. The Labute approximate surface area is 316 Å². The van der Waals surface area contributed by atoms with E-state index in [2.05, 4.69) is 193 Å². The number of thiophene rings is 1. The van der Waals surface area contributed by atoms with Gasteiger partial charge in [0.15, 0.2) is 0 Å². The van der Waals surface area contributed by atoms with Gasteiger partial charge in [0.2, 0.25) is 0 Å². The predicted molar refractivity (Wildman–Crippen MR) is 231 cm³/mol. The first-order chi connectivity index (χ1) is 26.6. The molecule has 0 radical (unpaired) electrons. The molecule has 0 fully saturated rings. The van der Waals surface area contributed by atoms with Crippen LogP contribution in [0.5, 0.6) is 0 Å². The van der Waals surface area contributed by atoms with E-state index in [0.29, 0.717) is 0 Å². The van der Waals surface area contributed by atoms with E-state index in [0.717, 1.165) is 5.69 Å². The van der Waals surface area contributed by atoms with E-state index in [9.17, 15) is 0 Å². The van der Waals surface area contributed by atoms with Gasteiger partial charge in [-0.3, -0.25) is 0 Å². The highest BCUT2D eigenvalue weighted by atomic mass is 32.1. The standard InChI is InChI=1S/C51H34N2S/c1-51(2)42-18-7-3-12-35(42)36-27-26-33(30-43(36)51)52-45-20-9-5-15-41(45)48-46(52)29-28-39-37-13-4-8-19-44(37)53(49(39)48)32-24-22-31(23-25-32)34-16-11-17-40-38-14-6-10-21-47(38)54-50(34)40/h3-30H,1-2H3. The highest BCUT2D eigenvalue weighted by molar-refractivity contribution is 7.26. The zero-order valence-electron chi connectivity index (χ0n) is 30.0. The minimum absolute atomic E-state index is 0.0744. The SMILES string of the molecule is CC1(C)c2ccccc2-c2ccc(-n3c4ccccc4c4c3ccc3c5ccccc5n(-c5ccc(-c6cccc7c6sc6ccccc67)cc5)c34)cc21. The lowest BCUT2D eigenvalue weighted by atomic mass is 9.82. The van der Waals surface area contributed by atoms with E-state index in [1.165, 1.54) is 103 Å². The van der Waals surface area contributed by atoms with Gasteiger partial charge < -0.3 is 9.13 Å². The minimum atomic E-state index is -0.0744. The first kappa shape index (κ1) is 30.1. The summed E-state index contributed by atoms with van der Waals surface area (Å²) in [5.41, 5.74) is 15.2. The summed E-state index contributed by atoms with van der Waals surface area (Å²) in [4.78, 5) is 0. The van der Waals surface area contributed by atoms with Gasteiger partial charge >= 0.3 is 0 Å². The molecule has 2 nitrogen and oxygen atoms in total. The number of hydrogen-bond acceptors (Lipinski definition) is 1. The maximum Gasteiger partial charge on any atom is 0.0641 e. The summed E-state index contributed by atoms with van der Waals surface area (Å²) in [5.74, 6) is 0. The van der Waals surface area contributed by atoms with Crippen LogP contribution in [0, 0.1) is 0 Å². The van der Waals surface area contributed by atoms with Gasteiger partial charge in [-0.05, 0) is 81.9 Å². The molecule has 0 saturated carbocycles. The van der Waals surface area contributed by atoms with Crippen molar-refractivity contribution in [2.45, 2.75) is 19.3 Å². The van der Waals surface area contributed by atoms with Crippen LogP contribution >= 0.6 is 11.3 Å². The zero-order valence-corrected chi connectivity index (χ0v) is 30.8. The summed E-state index contributed by atoms with van der Waals surface area (Å²) in [6.07, 6.45) is 0. The second-order valence-electron chi connectivity index (χ2n) is 15.3. The molecular weight excluding hydrogens is 673 g/mol. The van der Waals surface area contributed by atoms with Crippen LogP contribution < -0.4 is 0 Å². The summed E-state index contributed by atoms with van der Waals surface area (Å²) < 4.78 is 7.66. The second-order valence-corrected chi connectivity index (χ2v) is 16.3. The van der Waals surface area contributed by atoms with Gasteiger partial charge in [0.1, 0.15) is 0 Å². The van der Waals surface area contributed by atoms with Crippen molar-refractivity contribution in [3.8, 4) is 33.6 Å². The Morgan fingerprint density at radius 1 is 0.426 bits per heavy atom. The molecule has 3 heterocycles. The van der Waals surface area contributed by atoms with Gasteiger partial charge in [-0.15, -0.1) is 11.3 Å². The lowest BCUT2D eigenvalue weighted by Crippen LogP contribution is -2.15. The van der Waals surface area contributed by atoms with Crippen molar-refractivity contribution in [3.05, 3.63) is 181 Å². The van der Waals surface area contributed by atoms with Crippen LogP contribution in [0.2, 0.25) is 0 Å². The van der Waals surface area contributed by atoms with Crippen molar-refractivity contribution in [1.29, 1.82) is 0 Å². The van der Waals surface area contributed by atoms with Crippen LogP contribution in [-0.2, 0) is 5.41 Å². The average molecular weight is 707 g/mol. The van der Waals surface area contributed by atoms with E-state index in [1.807, 2.05) is 11.3 Å². The molecule has 8 aromatic carbocycles. The summed E-state index contributed by atoms with van der Waals surface area (Å²) >= 11 is 1.89. The molecule has 1 aliphatic carbocycles. The molecule has 54 heavy (non-hydrogen) atoms. The summed E-state index contributed by atoms with van der Waals surface area (Å²) in [6.45, 7) is 4.73. The van der Waals surface area contributed by atoms with Gasteiger partial charge in [-0.2, -0.15) is 0 Å². The molecule has 12 rings (SSSR count). The minimum Gasteiger partial charge on any atom is -0.309 e. The van der Waals surface area contributed by atoms with E-state index in [1.54, 1.807) is 0 Å². The molecule has 0 unspecified atom stereocenters. The van der Waals surface area contributed by atoms with Gasteiger partial charge in [-0.1, -0.05) is 135 Å². The van der Waals surface area contributed by atoms with E-state index >= 15 is 0 Å². The molecule has 0 atom stereocenters. The smallest absolute Gasteiger partial charge is 0.0641 e. The molecule has 254 valence electrons. The normalized spacial score (nSPS) is 13.5. The van der Waals surface area contributed by atoms with E-state index in [4.69, 9.17) is 0 Å². The number of para-hydroxylation sites is 2. The summed E-state index contributed by atoms with van der Waals surface area (Å²) in [5, 5.41) is 7.74. The molecule has 0 N–H and O–H groups in total. The first-order valence-corrected chi connectivity index (χ1v) is 19.6. The van der Waals surface area contributed by atoms with Crippen LogP contribution in [0.4, 0.5) is 0 Å². The topological polar surface area (TPSA) is 9.86 Å². The number of aromatic nitrogens is 2. The Balaban J connectivity index is 1.09. The number of hydrogen-bond donors (Lipinski definition) is 0. The lowest BCUT2D eigenvalue weighted by molar-refractivity contribution is 0.660. The van der Waals surface area contributed by atoms with Crippen molar-refractivity contribution >= 4 is 75.1 Å². The molecule has 0 bridgehead atoms. The van der Waals surface area contributed by atoms with Crippen LogP contribution in [0.3, 0.4) is 0 Å². The highest BCUT2D eigenvalue weighted by Crippen LogP contribution is 2.50. The van der Waals surface area contributed by atoms with Gasteiger partial charge in [-0.25, -0.2) is 0 Å². The van der Waals surface area contributed by atoms with E-state index in [-0.39, 0.29) is 5.41 Å². The maximum atomic E-state index is 2.50. The van der Waals surface area contributed by atoms with Crippen molar-refractivity contribution in [2.75, 3.05) is 0 Å². The molecule has 3 aromatic heterocycles. The largest absolute Gasteiger partial charge is 0.309 e. The van der Waals surface area contributed by atoms with Crippen molar-refractivity contribution < 1.29 is 0 Å². The Bertz CT molecular complexity index is 3350. The predicted octanol–water partition coefficient (Wildman–Crippen LogP) is 14.2. The fraction of sp³-hybridized carbons (Fsp3) is 0.0588. The van der Waals surface area contributed by atoms with Gasteiger partial charge in [0.25, 0.3) is 0 Å². The molecule has 0 spiro atoms. The maximum absolute atomic E-state index is 2.50. The first-order valence-electron chi connectivity index (χ1n) is 18.8. The fourth-order valence-corrected chi connectivity index (χ4v) is 10.9. The Hall–Kier alpha value is -6.42. The fourth-order valence-electron chi connectivity index (χ4n) is 9.65. The molecule has 1 aliphatic rings. The molecule has 11 aromatic rings. The third-order valence-corrected chi connectivity index (χ3v) is 13.4. The number of rotatable bonds is 3. The van der Waals surface area contributed by atoms with E-state index < -0.39 is 0 Å². The Morgan fingerprint density at radius 3 is 1.93 bits per heavy atom. The summed E-state index contributed by atoms with van der Waals surface area (Å²) in [7, 11) is 0. The Morgan fingerprint density at radius 2 is 1.07 bits per heavy atom. The molecule has 0 saturated heterocycles. The van der Waals surface area contributed by atoms with Crippen LogP contribution in [0.15, 0.2) is 170 Å². The highest BCUT2D eigenvalue weighted by Gasteiger charge is 2.35. The molecule has 0 aliphatic heterocycles. The number of fused-ring (bicyclic) bond motifs is 13. The third kappa shape index (κ3) is 3.94. The number of nitrogens with zero attached hydrogens (tertiary/aromatic N) is 2. The Kier molecular flexibility index (Phi) is 6.03.